The highest BCUT2D eigenvalue weighted by atomic mass is 16.6. The fourth-order valence-corrected chi connectivity index (χ4v) is 2.71. The molecule has 1 aliphatic carbocycles. The van der Waals surface area contributed by atoms with Gasteiger partial charge in [0.2, 0.25) is 5.75 Å². The molecule has 1 heterocycles. The molecule has 104 valence electrons. The number of hydrogen-bond acceptors (Lipinski definition) is 4. The van der Waals surface area contributed by atoms with Gasteiger partial charge in [-0.25, -0.2) is 0 Å². The number of benzene rings is 1. The Morgan fingerprint density at radius 2 is 2.00 bits per heavy atom. The molecule has 0 bridgehead atoms. The molecule has 4 nitrogen and oxygen atoms in total. The maximum Gasteiger partial charge on any atom is 0.203 e. The Kier molecular flexibility index (Phi) is 4.08. The van der Waals surface area contributed by atoms with E-state index in [1.54, 1.807) is 0 Å². The van der Waals surface area contributed by atoms with Crippen LogP contribution in [-0.4, -0.2) is 32.4 Å². The highest BCUT2D eigenvalue weighted by Gasteiger charge is 2.17. The summed E-state index contributed by atoms with van der Waals surface area (Å²) in [7, 11) is 0. The van der Waals surface area contributed by atoms with Crippen molar-refractivity contribution >= 4 is 0 Å². The molecule has 0 radical (unpaired) electrons. The van der Waals surface area contributed by atoms with E-state index in [1.165, 1.54) is 25.7 Å². The Morgan fingerprint density at radius 3 is 2.89 bits per heavy atom. The number of ether oxygens (including phenoxy) is 3. The van der Waals surface area contributed by atoms with Crippen LogP contribution in [0.1, 0.15) is 25.7 Å². The van der Waals surface area contributed by atoms with Gasteiger partial charge in [-0.05, 0) is 25.0 Å². The fraction of sp³-hybridized carbons (Fsp3) is 0.600. The summed E-state index contributed by atoms with van der Waals surface area (Å²) < 4.78 is 16.9. The number of hydrogen-bond donors (Lipinski definition) is 1. The van der Waals surface area contributed by atoms with E-state index in [4.69, 9.17) is 14.2 Å². The molecule has 1 saturated carbocycles. The second kappa shape index (κ2) is 6.15. The largest absolute Gasteiger partial charge is 0.488 e. The van der Waals surface area contributed by atoms with E-state index in [0.717, 1.165) is 23.8 Å². The lowest BCUT2D eigenvalue weighted by Crippen LogP contribution is -2.30. The summed E-state index contributed by atoms with van der Waals surface area (Å²) in [5.74, 6) is 2.31. The molecule has 0 spiro atoms. The van der Waals surface area contributed by atoms with Crippen molar-refractivity contribution in [1.82, 2.24) is 5.32 Å². The lowest BCUT2D eigenvalue weighted by Gasteiger charge is -2.21. The average molecular weight is 263 g/mol. The van der Waals surface area contributed by atoms with Crippen LogP contribution in [0.4, 0.5) is 0 Å². The van der Waals surface area contributed by atoms with Crippen molar-refractivity contribution in [2.24, 2.45) is 0 Å². The summed E-state index contributed by atoms with van der Waals surface area (Å²) in [5.41, 5.74) is 0. The third kappa shape index (κ3) is 3.13. The van der Waals surface area contributed by atoms with Crippen molar-refractivity contribution in [1.29, 1.82) is 0 Å². The van der Waals surface area contributed by atoms with Gasteiger partial charge in [0.25, 0.3) is 0 Å². The van der Waals surface area contributed by atoms with Crippen molar-refractivity contribution < 1.29 is 14.2 Å². The van der Waals surface area contributed by atoms with E-state index >= 15 is 0 Å². The zero-order valence-corrected chi connectivity index (χ0v) is 11.2. The maximum atomic E-state index is 5.80. The summed E-state index contributed by atoms with van der Waals surface area (Å²) in [6.07, 6.45) is 5.32. The molecule has 2 aliphatic rings. The predicted molar refractivity (Wildman–Crippen MR) is 73.2 cm³/mol. The van der Waals surface area contributed by atoms with Crippen LogP contribution in [0.5, 0.6) is 17.2 Å². The van der Waals surface area contributed by atoms with Crippen LogP contribution < -0.4 is 19.5 Å². The zero-order chi connectivity index (χ0) is 12.9. The third-order valence-electron chi connectivity index (χ3n) is 3.68. The van der Waals surface area contributed by atoms with Crippen LogP contribution in [0, 0.1) is 0 Å². The molecule has 3 rings (SSSR count). The smallest absolute Gasteiger partial charge is 0.203 e. The molecule has 1 fully saturated rings. The van der Waals surface area contributed by atoms with Gasteiger partial charge in [-0.1, -0.05) is 18.9 Å². The normalized spacial score (nSPS) is 18.5. The Hall–Kier alpha value is -1.42. The first-order valence-electron chi connectivity index (χ1n) is 7.18. The molecule has 0 atom stereocenters. The minimum Gasteiger partial charge on any atom is -0.488 e. The topological polar surface area (TPSA) is 39.7 Å². The van der Waals surface area contributed by atoms with Crippen LogP contribution >= 0.6 is 0 Å². The molecular weight excluding hydrogens is 242 g/mol. The van der Waals surface area contributed by atoms with Crippen molar-refractivity contribution in [3.05, 3.63) is 18.2 Å². The van der Waals surface area contributed by atoms with Crippen LogP contribution in [0.2, 0.25) is 0 Å². The highest BCUT2D eigenvalue weighted by molar-refractivity contribution is 5.51. The zero-order valence-electron chi connectivity index (χ0n) is 11.2. The molecule has 0 aromatic heterocycles. The summed E-state index contributed by atoms with van der Waals surface area (Å²) in [6, 6.07) is 6.47. The van der Waals surface area contributed by atoms with Gasteiger partial charge in [-0.2, -0.15) is 0 Å². The molecular formula is C15H21NO3. The Balaban J connectivity index is 1.49. The van der Waals surface area contributed by atoms with E-state index in [-0.39, 0.29) is 0 Å². The summed E-state index contributed by atoms with van der Waals surface area (Å²) in [6.45, 7) is 2.75. The van der Waals surface area contributed by atoms with E-state index in [9.17, 15) is 0 Å². The van der Waals surface area contributed by atoms with Crippen molar-refractivity contribution in [3.8, 4) is 17.2 Å². The number of rotatable bonds is 5. The second-order valence-electron chi connectivity index (χ2n) is 5.06. The van der Waals surface area contributed by atoms with Gasteiger partial charge in [-0.3, -0.25) is 0 Å². The first kappa shape index (κ1) is 12.6. The first-order valence-corrected chi connectivity index (χ1v) is 7.18. The quantitative estimate of drug-likeness (QED) is 0.828. The van der Waals surface area contributed by atoms with Crippen molar-refractivity contribution in [2.75, 3.05) is 26.4 Å². The Bertz CT molecular complexity index is 416. The second-order valence-corrected chi connectivity index (χ2v) is 5.06. The number of nitrogens with one attached hydrogen (secondary N) is 1. The Labute approximate surface area is 114 Å². The summed E-state index contributed by atoms with van der Waals surface area (Å²) in [5, 5.41) is 3.53. The standard InChI is InChI=1S/C15H21NO3/c1-2-5-12(4-1)16-8-9-17-13-6-3-7-14-15(13)19-11-10-18-14/h3,6-7,12,16H,1-2,4-5,8-11H2. The van der Waals surface area contributed by atoms with Gasteiger partial charge < -0.3 is 19.5 Å². The maximum absolute atomic E-state index is 5.80. The van der Waals surface area contributed by atoms with Gasteiger partial charge in [0.05, 0.1) is 0 Å². The highest BCUT2D eigenvalue weighted by Crippen LogP contribution is 2.38. The fourth-order valence-electron chi connectivity index (χ4n) is 2.71. The minimum atomic E-state index is 0.591. The molecule has 19 heavy (non-hydrogen) atoms. The van der Waals surface area contributed by atoms with Gasteiger partial charge in [0.15, 0.2) is 11.5 Å². The minimum absolute atomic E-state index is 0.591. The number of fused-ring (bicyclic) bond motifs is 1. The van der Waals surface area contributed by atoms with E-state index in [1.807, 2.05) is 18.2 Å². The molecule has 1 aromatic carbocycles. The Morgan fingerprint density at radius 1 is 1.16 bits per heavy atom. The molecule has 0 saturated heterocycles. The third-order valence-corrected chi connectivity index (χ3v) is 3.68. The molecule has 1 N–H and O–H groups in total. The van der Waals surface area contributed by atoms with E-state index < -0.39 is 0 Å². The molecule has 0 unspecified atom stereocenters. The molecule has 1 aliphatic heterocycles. The van der Waals surface area contributed by atoms with Gasteiger partial charge >= 0.3 is 0 Å². The van der Waals surface area contributed by atoms with Gasteiger partial charge in [0, 0.05) is 12.6 Å². The predicted octanol–water partition coefficient (Wildman–Crippen LogP) is 2.37. The van der Waals surface area contributed by atoms with Gasteiger partial charge in [-0.15, -0.1) is 0 Å². The van der Waals surface area contributed by atoms with Gasteiger partial charge in [0.1, 0.15) is 19.8 Å². The average Bonchev–Trinajstić information content (AvgIpc) is 2.97. The summed E-state index contributed by atoms with van der Waals surface area (Å²) >= 11 is 0. The first-order chi connectivity index (χ1) is 9.43. The van der Waals surface area contributed by atoms with Crippen LogP contribution in [0.15, 0.2) is 18.2 Å². The van der Waals surface area contributed by atoms with Crippen LogP contribution in [0.3, 0.4) is 0 Å². The monoisotopic (exact) mass is 263 g/mol. The van der Waals surface area contributed by atoms with Crippen molar-refractivity contribution in [2.45, 2.75) is 31.7 Å². The SMILES string of the molecule is c1cc(OCCNC2CCCC2)c2c(c1)OCCO2. The lowest BCUT2D eigenvalue weighted by atomic mass is 10.2. The lowest BCUT2D eigenvalue weighted by molar-refractivity contribution is 0.162. The van der Waals surface area contributed by atoms with E-state index in [0.29, 0.717) is 25.9 Å². The molecule has 1 aromatic rings. The van der Waals surface area contributed by atoms with Crippen LogP contribution in [0.25, 0.3) is 0 Å². The van der Waals surface area contributed by atoms with E-state index in [2.05, 4.69) is 5.32 Å². The van der Waals surface area contributed by atoms with Crippen LogP contribution in [-0.2, 0) is 0 Å². The molecule has 4 heteroatoms. The van der Waals surface area contributed by atoms with Crippen molar-refractivity contribution in [3.63, 3.8) is 0 Å². The number of para-hydroxylation sites is 1. The molecule has 0 amide bonds. The summed E-state index contributed by atoms with van der Waals surface area (Å²) in [4.78, 5) is 0.